The van der Waals surface area contributed by atoms with Gasteiger partial charge >= 0.3 is 5.97 Å². The summed E-state index contributed by atoms with van der Waals surface area (Å²) >= 11 is 0. The zero-order valence-corrected chi connectivity index (χ0v) is 14.5. The Hall–Kier alpha value is -1.44. The van der Waals surface area contributed by atoms with Crippen molar-refractivity contribution in [3.8, 4) is 0 Å². The molecule has 1 saturated heterocycles. The fourth-order valence-electron chi connectivity index (χ4n) is 3.44. The molecule has 3 rings (SSSR count). The lowest BCUT2D eigenvalue weighted by molar-refractivity contribution is -0.162. The van der Waals surface area contributed by atoms with Gasteiger partial charge in [0.1, 0.15) is 5.41 Å². The van der Waals surface area contributed by atoms with Crippen LogP contribution in [0, 0.1) is 18.3 Å². The quantitative estimate of drug-likeness (QED) is 0.839. The molecule has 2 atom stereocenters. The van der Waals surface area contributed by atoms with E-state index >= 15 is 0 Å². The van der Waals surface area contributed by atoms with Crippen LogP contribution in [0.2, 0.25) is 0 Å². The highest BCUT2D eigenvalue weighted by Crippen LogP contribution is 2.45. The van der Waals surface area contributed by atoms with E-state index in [1.807, 2.05) is 6.92 Å². The minimum atomic E-state index is -3.76. The lowest BCUT2D eigenvalue weighted by Gasteiger charge is -2.42. The van der Waals surface area contributed by atoms with E-state index in [0.29, 0.717) is 6.42 Å². The third-order valence-corrected chi connectivity index (χ3v) is 7.04. The summed E-state index contributed by atoms with van der Waals surface area (Å²) in [6, 6.07) is 6.53. The fourth-order valence-corrected chi connectivity index (χ4v) is 4.97. The number of aliphatic hydroxyl groups is 1. The van der Waals surface area contributed by atoms with Gasteiger partial charge in [0, 0.05) is 13.1 Å². The van der Waals surface area contributed by atoms with Crippen LogP contribution in [0.4, 0.5) is 0 Å². The lowest BCUT2D eigenvalue weighted by Crippen LogP contribution is -2.57. The summed E-state index contributed by atoms with van der Waals surface area (Å²) < 4.78 is 27.0. The summed E-state index contributed by atoms with van der Waals surface area (Å²) in [6.45, 7) is 1.84. The number of aryl methyl sites for hydroxylation is 1. The molecular formula is C17H23NO5S. The first kappa shape index (κ1) is 17.4. The van der Waals surface area contributed by atoms with Gasteiger partial charge in [0.15, 0.2) is 0 Å². The molecule has 2 fully saturated rings. The number of rotatable bonds is 5. The van der Waals surface area contributed by atoms with Crippen molar-refractivity contribution in [1.29, 1.82) is 0 Å². The summed E-state index contributed by atoms with van der Waals surface area (Å²) in [6.07, 6.45) is 1.37. The molecule has 2 N–H and O–H groups in total. The molecule has 0 bridgehead atoms. The molecule has 132 valence electrons. The van der Waals surface area contributed by atoms with E-state index in [2.05, 4.69) is 0 Å². The number of carbonyl (C=O) groups is 1. The Balaban J connectivity index is 1.91. The van der Waals surface area contributed by atoms with Gasteiger partial charge in [-0.1, -0.05) is 30.5 Å². The number of benzene rings is 1. The first-order valence-electron chi connectivity index (χ1n) is 8.24. The molecule has 7 heteroatoms. The number of sulfonamides is 1. The second-order valence-corrected chi connectivity index (χ2v) is 9.00. The molecule has 2 aliphatic rings. The maximum atomic E-state index is 12.9. The summed E-state index contributed by atoms with van der Waals surface area (Å²) in [4.78, 5) is 12.1. The number of hydrogen-bond acceptors (Lipinski definition) is 4. The summed E-state index contributed by atoms with van der Waals surface area (Å²) in [5.41, 5.74) is -0.450. The van der Waals surface area contributed by atoms with Gasteiger partial charge in [-0.15, -0.1) is 0 Å². The van der Waals surface area contributed by atoms with Crippen molar-refractivity contribution in [3.05, 3.63) is 29.8 Å². The molecular weight excluding hydrogens is 330 g/mol. The fraction of sp³-hybridized carbons (Fsp3) is 0.588. The maximum absolute atomic E-state index is 12.9. The smallest absolute Gasteiger partial charge is 0.313 e. The van der Waals surface area contributed by atoms with E-state index < -0.39 is 27.5 Å². The van der Waals surface area contributed by atoms with E-state index in [9.17, 15) is 23.4 Å². The topological polar surface area (TPSA) is 94.9 Å². The number of carboxylic acid groups (broad SMARTS) is 1. The number of carboxylic acids is 1. The third kappa shape index (κ3) is 3.08. The minimum absolute atomic E-state index is 0.136. The number of hydrogen-bond donors (Lipinski definition) is 2. The van der Waals surface area contributed by atoms with Crippen LogP contribution in [-0.4, -0.2) is 48.1 Å². The molecule has 0 amide bonds. The van der Waals surface area contributed by atoms with Gasteiger partial charge in [-0.05, 0) is 37.8 Å². The molecule has 6 nitrogen and oxygen atoms in total. The van der Waals surface area contributed by atoms with Crippen LogP contribution in [-0.2, 0) is 14.8 Å². The number of aliphatic hydroxyl groups excluding tert-OH is 1. The van der Waals surface area contributed by atoms with Crippen LogP contribution in [0.3, 0.4) is 0 Å². The largest absolute Gasteiger partial charge is 0.481 e. The average Bonchev–Trinajstić information content (AvgIpc) is 3.33. The second kappa shape index (κ2) is 6.13. The van der Waals surface area contributed by atoms with Crippen LogP contribution in [0.15, 0.2) is 29.2 Å². The second-order valence-electron chi connectivity index (χ2n) is 7.06. The van der Waals surface area contributed by atoms with Crippen molar-refractivity contribution >= 4 is 16.0 Å². The van der Waals surface area contributed by atoms with E-state index in [1.54, 1.807) is 24.3 Å². The van der Waals surface area contributed by atoms with Crippen molar-refractivity contribution in [2.24, 2.45) is 11.3 Å². The van der Waals surface area contributed by atoms with Crippen LogP contribution >= 0.6 is 0 Å². The molecule has 0 spiro atoms. The van der Waals surface area contributed by atoms with E-state index in [1.165, 1.54) is 4.31 Å². The standard InChI is InChI=1S/C17H23NO5S/c1-12-2-6-14(7-3-12)24(22,23)18-9-8-15(19)17(11-18,16(20)21)10-13-4-5-13/h2-3,6-7,13,15,19H,4-5,8-11H2,1H3,(H,20,21)/t15-,17-/m0/s1. The Morgan fingerprint density at radius 2 is 1.88 bits per heavy atom. The molecule has 1 aliphatic carbocycles. The first-order chi connectivity index (χ1) is 11.3. The maximum Gasteiger partial charge on any atom is 0.313 e. The molecule has 24 heavy (non-hydrogen) atoms. The predicted octanol–water partition coefficient (Wildman–Crippen LogP) is 1.62. The first-order valence-corrected chi connectivity index (χ1v) is 9.68. The zero-order valence-electron chi connectivity index (χ0n) is 13.7. The Morgan fingerprint density at radius 3 is 2.42 bits per heavy atom. The van der Waals surface area contributed by atoms with Crippen molar-refractivity contribution in [1.82, 2.24) is 4.31 Å². The average molecular weight is 353 g/mol. The van der Waals surface area contributed by atoms with Crippen LogP contribution in [0.5, 0.6) is 0 Å². The van der Waals surface area contributed by atoms with Crippen molar-refractivity contribution in [3.63, 3.8) is 0 Å². The van der Waals surface area contributed by atoms with Gasteiger partial charge in [-0.3, -0.25) is 4.79 Å². The van der Waals surface area contributed by atoms with E-state index in [0.717, 1.165) is 18.4 Å². The number of nitrogens with zero attached hydrogens (tertiary/aromatic N) is 1. The molecule has 1 aromatic carbocycles. The lowest BCUT2D eigenvalue weighted by atomic mass is 9.74. The number of aliphatic carboxylic acids is 1. The third-order valence-electron chi connectivity index (χ3n) is 5.18. The predicted molar refractivity (Wildman–Crippen MR) is 88.0 cm³/mol. The van der Waals surface area contributed by atoms with Gasteiger partial charge in [0.2, 0.25) is 10.0 Å². The Kier molecular flexibility index (Phi) is 4.44. The van der Waals surface area contributed by atoms with Crippen molar-refractivity contribution in [2.45, 2.75) is 43.6 Å². The van der Waals surface area contributed by atoms with Crippen molar-refractivity contribution in [2.75, 3.05) is 13.1 Å². The van der Waals surface area contributed by atoms with Gasteiger partial charge in [-0.2, -0.15) is 4.31 Å². The normalized spacial score (nSPS) is 28.7. The highest BCUT2D eigenvalue weighted by atomic mass is 32.2. The van der Waals surface area contributed by atoms with Crippen LogP contribution in [0.25, 0.3) is 0 Å². The monoisotopic (exact) mass is 353 g/mol. The highest BCUT2D eigenvalue weighted by Gasteiger charge is 2.53. The SMILES string of the molecule is Cc1ccc(S(=O)(=O)N2CC[C@H](O)[C@@](CC3CC3)(C(=O)O)C2)cc1. The Labute approximate surface area is 142 Å². The van der Waals surface area contributed by atoms with E-state index in [4.69, 9.17) is 0 Å². The molecule has 0 radical (unpaired) electrons. The van der Waals surface area contributed by atoms with Crippen molar-refractivity contribution < 1.29 is 23.4 Å². The number of piperidine rings is 1. The summed E-state index contributed by atoms with van der Waals surface area (Å²) in [7, 11) is -3.76. The molecule has 0 aromatic heterocycles. The molecule has 1 aliphatic heterocycles. The molecule has 0 unspecified atom stereocenters. The van der Waals surface area contributed by atoms with Crippen LogP contribution < -0.4 is 0 Å². The Morgan fingerprint density at radius 1 is 1.25 bits per heavy atom. The summed E-state index contributed by atoms with van der Waals surface area (Å²) in [5.74, 6) is -0.830. The van der Waals surface area contributed by atoms with E-state index in [-0.39, 0.29) is 30.3 Å². The molecule has 1 aromatic rings. The molecule has 1 heterocycles. The minimum Gasteiger partial charge on any atom is -0.481 e. The van der Waals surface area contributed by atoms with Gasteiger partial charge in [0.25, 0.3) is 0 Å². The zero-order chi connectivity index (χ0) is 17.5. The summed E-state index contributed by atoms with van der Waals surface area (Å²) in [5, 5.41) is 20.1. The van der Waals surface area contributed by atoms with Gasteiger partial charge in [-0.25, -0.2) is 8.42 Å². The Bertz CT molecular complexity index is 726. The van der Waals surface area contributed by atoms with Crippen LogP contribution in [0.1, 0.15) is 31.2 Å². The molecule has 1 saturated carbocycles. The van der Waals surface area contributed by atoms with Gasteiger partial charge in [0.05, 0.1) is 11.0 Å². The van der Waals surface area contributed by atoms with Gasteiger partial charge < -0.3 is 10.2 Å². The highest BCUT2D eigenvalue weighted by molar-refractivity contribution is 7.89.